The first kappa shape index (κ1) is 17.7. The van der Waals surface area contributed by atoms with Crippen LogP contribution in [0.2, 0.25) is 0 Å². The highest BCUT2D eigenvalue weighted by Gasteiger charge is 2.16. The molecule has 0 aliphatic heterocycles. The number of hydrogen-bond acceptors (Lipinski definition) is 4. The smallest absolute Gasteiger partial charge is 0.143 e. The topological polar surface area (TPSA) is 37.8 Å². The standard InChI is InChI=1S/C23H23N3S/c1-14-9-8-12-19(15(14)2)24-22-21-16(3)17(4)27-23(21)26-20(25-22)13-18-10-6-5-7-11-18/h5-12H,13H2,1-4H3,(H,24,25,26). The van der Waals surface area contributed by atoms with Crippen molar-refractivity contribution in [1.29, 1.82) is 0 Å². The van der Waals surface area contributed by atoms with Gasteiger partial charge >= 0.3 is 0 Å². The van der Waals surface area contributed by atoms with Gasteiger partial charge in [-0.15, -0.1) is 11.3 Å². The molecule has 0 atom stereocenters. The first-order chi connectivity index (χ1) is 13.0. The molecule has 0 spiro atoms. The van der Waals surface area contributed by atoms with Crippen LogP contribution in [0, 0.1) is 27.7 Å². The molecule has 136 valence electrons. The second-order valence-corrected chi connectivity index (χ2v) is 8.19. The fourth-order valence-corrected chi connectivity index (χ4v) is 4.30. The molecule has 0 fully saturated rings. The highest BCUT2D eigenvalue weighted by Crippen LogP contribution is 2.35. The minimum atomic E-state index is 0.730. The molecule has 0 aliphatic rings. The van der Waals surface area contributed by atoms with Crippen molar-refractivity contribution in [3.05, 3.63) is 81.5 Å². The molecule has 4 rings (SSSR count). The van der Waals surface area contributed by atoms with Gasteiger partial charge in [0.2, 0.25) is 0 Å². The Morgan fingerprint density at radius 1 is 0.852 bits per heavy atom. The normalized spacial score (nSPS) is 11.1. The maximum Gasteiger partial charge on any atom is 0.143 e. The van der Waals surface area contributed by atoms with Crippen molar-refractivity contribution >= 4 is 33.1 Å². The van der Waals surface area contributed by atoms with Crippen LogP contribution in [0.5, 0.6) is 0 Å². The first-order valence-electron chi connectivity index (χ1n) is 9.16. The van der Waals surface area contributed by atoms with Crippen molar-refractivity contribution in [1.82, 2.24) is 9.97 Å². The number of fused-ring (bicyclic) bond motifs is 1. The molecule has 0 saturated heterocycles. The highest BCUT2D eigenvalue weighted by molar-refractivity contribution is 7.18. The van der Waals surface area contributed by atoms with Crippen LogP contribution in [0.1, 0.15) is 33.0 Å². The van der Waals surface area contributed by atoms with Crippen molar-refractivity contribution in [2.75, 3.05) is 5.32 Å². The van der Waals surface area contributed by atoms with Crippen LogP contribution in [0.25, 0.3) is 10.2 Å². The van der Waals surface area contributed by atoms with Crippen molar-refractivity contribution < 1.29 is 0 Å². The van der Waals surface area contributed by atoms with Gasteiger partial charge in [0.25, 0.3) is 0 Å². The molecule has 0 radical (unpaired) electrons. The molecule has 3 nitrogen and oxygen atoms in total. The molecule has 4 heteroatoms. The molecule has 0 saturated carbocycles. The Morgan fingerprint density at radius 3 is 2.41 bits per heavy atom. The number of aromatic nitrogens is 2. The van der Waals surface area contributed by atoms with Gasteiger partial charge in [0.05, 0.1) is 5.39 Å². The molecule has 0 bridgehead atoms. The molecule has 2 aromatic heterocycles. The van der Waals surface area contributed by atoms with Crippen molar-refractivity contribution in [3.63, 3.8) is 0 Å². The number of anilines is 2. The van der Waals surface area contributed by atoms with Crippen LogP contribution in [0.4, 0.5) is 11.5 Å². The lowest BCUT2D eigenvalue weighted by Gasteiger charge is -2.13. The lowest BCUT2D eigenvalue weighted by molar-refractivity contribution is 0.999. The van der Waals surface area contributed by atoms with Crippen molar-refractivity contribution in [2.24, 2.45) is 0 Å². The second kappa shape index (κ2) is 7.12. The third kappa shape index (κ3) is 3.45. The van der Waals surface area contributed by atoms with E-state index in [4.69, 9.17) is 9.97 Å². The van der Waals surface area contributed by atoms with E-state index >= 15 is 0 Å². The molecule has 0 aliphatic carbocycles. The van der Waals surface area contributed by atoms with Crippen LogP contribution in [0.15, 0.2) is 48.5 Å². The summed E-state index contributed by atoms with van der Waals surface area (Å²) in [6, 6.07) is 16.7. The van der Waals surface area contributed by atoms with Crippen LogP contribution < -0.4 is 5.32 Å². The number of thiophene rings is 1. The van der Waals surface area contributed by atoms with Crippen molar-refractivity contribution in [3.8, 4) is 0 Å². The zero-order valence-corrected chi connectivity index (χ0v) is 16.9. The minimum Gasteiger partial charge on any atom is -0.339 e. The van der Waals surface area contributed by atoms with Gasteiger partial charge in [-0.05, 0) is 56.0 Å². The van der Waals surface area contributed by atoms with Gasteiger partial charge in [0.15, 0.2) is 0 Å². The van der Waals surface area contributed by atoms with E-state index in [1.807, 2.05) is 6.07 Å². The van der Waals surface area contributed by atoms with Gasteiger partial charge in [-0.2, -0.15) is 0 Å². The maximum absolute atomic E-state index is 4.92. The predicted molar refractivity (Wildman–Crippen MR) is 115 cm³/mol. The minimum absolute atomic E-state index is 0.730. The van der Waals surface area contributed by atoms with Gasteiger partial charge in [-0.1, -0.05) is 42.5 Å². The van der Waals surface area contributed by atoms with Gasteiger partial charge in [0, 0.05) is 17.0 Å². The van der Waals surface area contributed by atoms with Crippen LogP contribution in [0.3, 0.4) is 0 Å². The number of nitrogens with one attached hydrogen (secondary N) is 1. The summed E-state index contributed by atoms with van der Waals surface area (Å²) in [4.78, 5) is 12.1. The quantitative estimate of drug-likeness (QED) is 0.459. The van der Waals surface area contributed by atoms with E-state index in [2.05, 4.69) is 75.5 Å². The number of aryl methyl sites for hydroxylation is 3. The zero-order valence-electron chi connectivity index (χ0n) is 16.1. The van der Waals surface area contributed by atoms with E-state index in [1.165, 1.54) is 27.1 Å². The van der Waals surface area contributed by atoms with Gasteiger partial charge in [-0.25, -0.2) is 9.97 Å². The summed E-state index contributed by atoms with van der Waals surface area (Å²) in [6.07, 6.45) is 0.730. The third-order valence-electron chi connectivity index (χ3n) is 5.14. The Balaban J connectivity index is 1.82. The summed E-state index contributed by atoms with van der Waals surface area (Å²) in [7, 11) is 0. The first-order valence-corrected chi connectivity index (χ1v) is 9.98. The molecule has 2 heterocycles. The number of rotatable bonds is 4. The summed E-state index contributed by atoms with van der Waals surface area (Å²) < 4.78 is 0. The van der Waals surface area contributed by atoms with Crippen LogP contribution >= 0.6 is 11.3 Å². The Morgan fingerprint density at radius 2 is 1.63 bits per heavy atom. The summed E-state index contributed by atoms with van der Waals surface area (Å²) in [5.74, 6) is 1.75. The van der Waals surface area contributed by atoms with E-state index in [-0.39, 0.29) is 0 Å². The molecule has 1 N–H and O–H groups in total. The Hall–Kier alpha value is -2.72. The van der Waals surface area contributed by atoms with E-state index in [0.717, 1.165) is 34.0 Å². The van der Waals surface area contributed by atoms with Crippen LogP contribution in [-0.2, 0) is 6.42 Å². The molecule has 27 heavy (non-hydrogen) atoms. The average Bonchev–Trinajstić information content (AvgIpc) is 2.94. The predicted octanol–water partition coefficient (Wildman–Crippen LogP) is 6.26. The summed E-state index contributed by atoms with van der Waals surface area (Å²) in [5, 5.41) is 4.73. The summed E-state index contributed by atoms with van der Waals surface area (Å²) >= 11 is 1.74. The number of benzene rings is 2. The molecular weight excluding hydrogens is 350 g/mol. The zero-order chi connectivity index (χ0) is 19.0. The Labute approximate surface area is 164 Å². The van der Waals surface area contributed by atoms with Crippen molar-refractivity contribution in [2.45, 2.75) is 34.1 Å². The van der Waals surface area contributed by atoms with Gasteiger partial charge < -0.3 is 5.32 Å². The van der Waals surface area contributed by atoms with Gasteiger partial charge in [0.1, 0.15) is 16.5 Å². The maximum atomic E-state index is 4.92. The molecule has 4 aromatic rings. The highest BCUT2D eigenvalue weighted by atomic mass is 32.1. The fourth-order valence-electron chi connectivity index (χ4n) is 3.26. The van der Waals surface area contributed by atoms with E-state index < -0.39 is 0 Å². The van der Waals surface area contributed by atoms with E-state index in [0.29, 0.717) is 0 Å². The van der Waals surface area contributed by atoms with Gasteiger partial charge in [-0.3, -0.25) is 0 Å². The summed E-state index contributed by atoms with van der Waals surface area (Å²) in [6.45, 7) is 8.59. The second-order valence-electron chi connectivity index (χ2n) is 6.99. The fraction of sp³-hybridized carbons (Fsp3) is 0.217. The monoisotopic (exact) mass is 373 g/mol. The largest absolute Gasteiger partial charge is 0.339 e. The molecule has 0 amide bonds. The molecule has 2 aromatic carbocycles. The number of hydrogen-bond donors (Lipinski definition) is 1. The SMILES string of the molecule is Cc1cccc(Nc2nc(Cc3ccccc3)nc3sc(C)c(C)c23)c1C. The lowest BCUT2D eigenvalue weighted by atomic mass is 10.1. The molecular formula is C23H23N3S. The Bertz CT molecular complexity index is 1110. The average molecular weight is 374 g/mol. The number of nitrogens with zero attached hydrogens (tertiary/aromatic N) is 2. The van der Waals surface area contributed by atoms with E-state index in [1.54, 1.807) is 11.3 Å². The summed E-state index contributed by atoms with van der Waals surface area (Å²) in [5.41, 5.74) is 6.10. The third-order valence-corrected chi connectivity index (χ3v) is 6.24. The van der Waals surface area contributed by atoms with Crippen LogP contribution in [-0.4, -0.2) is 9.97 Å². The lowest BCUT2D eigenvalue weighted by Crippen LogP contribution is -2.03. The molecule has 0 unspecified atom stereocenters. The Kier molecular flexibility index (Phi) is 4.66. The van der Waals surface area contributed by atoms with E-state index in [9.17, 15) is 0 Å².